The van der Waals surface area contributed by atoms with Crippen LogP contribution in [0.4, 0.5) is 5.69 Å². The summed E-state index contributed by atoms with van der Waals surface area (Å²) in [7, 11) is 3.23. The monoisotopic (exact) mass is 471 g/mol. The molecular weight excluding hydrogens is 446 g/mol. The Kier molecular flexibility index (Phi) is 8.94. The second-order valence-corrected chi connectivity index (χ2v) is 8.88. The van der Waals surface area contributed by atoms with Crippen molar-refractivity contribution in [3.8, 4) is 11.5 Å². The van der Waals surface area contributed by atoms with Gasteiger partial charge in [-0.15, -0.1) is 11.3 Å². The molecule has 1 aromatic heterocycles. The van der Waals surface area contributed by atoms with Crippen molar-refractivity contribution < 1.29 is 19.1 Å². The molecule has 3 aromatic rings. The van der Waals surface area contributed by atoms with E-state index in [-0.39, 0.29) is 24.0 Å². The summed E-state index contributed by atoms with van der Waals surface area (Å²) >= 11 is 2.78. The molecule has 32 heavy (non-hydrogen) atoms. The molecule has 2 amide bonds. The van der Waals surface area contributed by atoms with Crippen molar-refractivity contribution in [1.82, 2.24) is 10.3 Å². The molecule has 0 spiro atoms. The smallest absolute Gasteiger partial charge is 0.234 e. The van der Waals surface area contributed by atoms with Crippen LogP contribution in [0.15, 0.2) is 58.3 Å². The molecule has 2 N–H and O–H groups in total. The van der Waals surface area contributed by atoms with Gasteiger partial charge in [-0.25, -0.2) is 4.98 Å². The van der Waals surface area contributed by atoms with E-state index in [4.69, 9.17) is 9.47 Å². The van der Waals surface area contributed by atoms with E-state index < -0.39 is 0 Å². The summed E-state index contributed by atoms with van der Waals surface area (Å²) in [6.45, 7) is 0.545. The van der Waals surface area contributed by atoms with Crippen molar-refractivity contribution in [3.05, 3.63) is 65.2 Å². The Morgan fingerprint density at radius 2 is 1.81 bits per heavy atom. The Bertz CT molecular complexity index is 1040. The normalized spacial score (nSPS) is 10.4. The third-order valence-corrected chi connectivity index (χ3v) is 6.51. The summed E-state index contributed by atoms with van der Waals surface area (Å²) in [5, 5.41) is 7.61. The number of amides is 2. The molecule has 0 atom stereocenters. The lowest BCUT2D eigenvalue weighted by Crippen LogP contribution is -2.27. The molecule has 2 aromatic carbocycles. The fourth-order valence-electron chi connectivity index (χ4n) is 2.84. The summed E-state index contributed by atoms with van der Waals surface area (Å²) in [5.74, 6) is 1.58. The van der Waals surface area contributed by atoms with Crippen LogP contribution in [0.3, 0.4) is 0 Å². The average molecular weight is 472 g/mol. The van der Waals surface area contributed by atoms with Gasteiger partial charge in [-0.3, -0.25) is 9.59 Å². The number of thioether (sulfide) groups is 1. The number of nitrogens with one attached hydrogen (secondary N) is 2. The van der Waals surface area contributed by atoms with Crippen LogP contribution in [0.25, 0.3) is 0 Å². The molecule has 0 bridgehead atoms. The molecule has 9 heteroatoms. The van der Waals surface area contributed by atoms with Gasteiger partial charge >= 0.3 is 0 Å². The molecule has 0 saturated carbocycles. The van der Waals surface area contributed by atoms with Crippen LogP contribution < -0.4 is 20.1 Å². The number of anilines is 1. The van der Waals surface area contributed by atoms with Crippen LogP contribution in [-0.4, -0.2) is 43.3 Å². The van der Waals surface area contributed by atoms with Gasteiger partial charge in [-0.2, -0.15) is 0 Å². The fraction of sp³-hybridized carbons (Fsp3) is 0.261. The number of nitrogens with zero attached hydrogens (tertiary/aromatic N) is 1. The first-order chi connectivity index (χ1) is 15.6. The van der Waals surface area contributed by atoms with Gasteiger partial charge in [0.15, 0.2) is 4.34 Å². The molecule has 0 fully saturated rings. The van der Waals surface area contributed by atoms with E-state index >= 15 is 0 Å². The second kappa shape index (κ2) is 12.1. The maximum Gasteiger partial charge on any atom is 0.234 e. The van der Waals surface area contributed by atoms with Crippen molar-refractivity contribution in [2.45, 2.75) is 17.2 Å². The number of hydrogen-bond acceptors (Lipinski definition) is 7. The van der Waals surface area contributed by atoms with Crippen LogP contribution in [-0.2, 0) is 22.4 Å². The van der Waals surface area contributed by atoms with Crippen molar-refractivity contribution in [1.29, 1.82) is 0 Å². The van der Waals surface area contributed by atoms with Crippen molar-refractivity contribution in [3.63, 3.8) is 0 Å². The number of methoxy groups -OCH3 is 2. The molecule has 1 heterocycles. The largest absolute Gasteiger partial charge is 0.497 e. The minimum atomic E-state index is -0.118. The summed E-state index contributed by atoms with van der Waals surface area (Å²) in [4.78, 5) is 28.8. The van der Waals surface area contributed by atoms with Crippen LogP contribution >= 0.6 is 23.1 Å². The third-order valence-electron chi connectivity index (χ3n) is 4.44. The van der Waals surface area contributed by atoms with Crippen LogP contribution in [0.2, 0.25) is 0 Å². The number of ether oxygens (including phenoxy) is 2. The first kappa shape index (κ1) is 23.6. The number of carbonyl (C=O) groups excluding carboxylic acids is 2. The van der Waals surface area contributed by atoms with E-state index in [9.17, 15) is 9.59 Å². The van der Waals surface area contributed by atoms with Gasteiger partial charge in [0.1, 0.15) is 11.5 Å². The quantitative estimate of drug-likeness (QED) is 0.414. The van der Waals surface area contributed by atoms with Gasteiger partial charge in [0.25, 0.3) is 0 Å². The van der Waals surface area contributed by atoms with Gasteiger partial charge in [-0.05, 0) is 48.4 Å². The van der Waals surface area contributed by atoms with Crippen LogP contribution in [0, 0.1) is 0 Å². The highest BCUT2D eigenvalue weighted by Gasteiger charge is 2.10. The molecule has 0 unspecified atom stereocenters. The van der Waals surface area contributed by atoms with Gasteiger partial charge in [-0.1, -0.05) is 23.9 Å². The van der Waals surface area contributed by atoms with Gasteiger partial charge in [0.05, 0.1) is 32.1 Å². The predicted octanol–water partition coefficient (Wildman–Crippen LogP) is 3.79. The van der Waals surface area contributed by atoms with E-state index in [0.717, 1.165) is 27.8 Å². The van der Waals surface area contributed by atoms with E-state index in [2.05, 4.69) is 15.6 Å². The third kappa shape index (κ3) is 7.58. The molecule has 3 rings (SSSR count). The molecule has 0 radical (unpaired) electrons. The SMILES string of the molecule is COc1ccc(NC(=O)CSc2nc(CC(=O)NCCc3cccc(OC)c3)cs2)cc1. The zero-order chi connectivity index (χ0) is 22.8. The Labute approximate surface area is 195 Å². The highest BCUT2D eigenvalue weighted by Crippen LogP contribution is 2.23. The number of aromatic nitrogens is 1. The summed E-state index contributed by atoms with van der Waals surface area (Å²) in [6.07, 6.45) is 0.942. The standard InChI is InChI=1S/C23H25N3O4S2/c1-29-19-8-6-17(7-9-19)25-22(28)15-32-23-26-18(14-31-23)13-21(27)24-11-10-16-4-3-5-20(12-16)30-2/h3-9,12,14H,10-11,13,15H2,1-2H3,(H,24,27)(H,25,28). The number of thiazole rings is 1. The van der Waals surface area contributed by atoms with Crippen LogP contribution in [0.1, 0.15) is 11.3 Å². The van der Waals surface area contributed by atoms with E-state index in [0.29, 0.717) is 17.9 Å². The molecule has 168 valence electrons. The number of hydrogen-bond donors (Lipinski definition) is 2. The maximum atomic E-state index is 12.2. The molecule has 7 nitrogen and oxygen atoms in total. The van der Waals surface area contributed by atoms with E-state index in [1.807, 2.05) is 29.6 Å². The lowest BCUT2D eigenvalue weighted by Gasteiger charge is -2.06. The topological polar surface area (TPSA) is 89.5 Å². The summed E-state index contributed by atoms with van der Waals surface area (Å²) in [6, 6.07) is 14.9. The average Bonchev–Trinajstić information content (AvgIpc) is 3.25. The molecular formula is C23H25N3O4S2. The summed E-state index contributed by atoms with van der Waals surface area (Å²) in [5.41, 5.74) is 2.51. The van der Waals surface area contributed by atoms with Crippen LogP contribution in [0.5, 0.6) is 11.5 Å². The molecule has 0 saturated heterocycles. The number of benzene rings is 2. The molecule has 0 aliphatic rings. The first-order valence-corrected chi connectivity index (χ1v) is 11.8. The van der Waals surface area contributed by atoms with E-state index in [1.165, 1.54) is 23.1 Å². The van der Waals surface area contributed by atoms with E-state index in [1.54, 1.807) is 38.5 Å². The van der Waals surface area contributed by atoms with Crippen molar-refractivity contribution >= 4 is 40.6 Å². The van der Waals surface area contributed by atoms with Gasteiger partial charge < -0.3 is 20.1 Å². The zero-order valence-electron chi connectivity index (χ0n) is 17.9. The molecule has 0 aliphatic carbocycles. The predicted molar refractivity (Wildman–Crippen MR) is 128 cm³/mol. The fourth-order valence-corrected chi connectivity index (χ4v) is 4.48. The first-order valence-electron chi connectivity index (χ1n) is 9.96. The Morgan fingerprint density at radius 3 is 2.56 bits per heavy atom. The lowest BCUT2D eigenvalue weighted by molar-refractivity contribution is -0.120. The minimum Gasteiger partial charge on any atom is -0.497 e. The summed E-state index contributed by atoms with van der Waals surface area (Å²) < 4.78 is 11.1. The highest BCUT2D eigenvalue weighted by molar-refractivity contribution is 8.01. The zero-order valence-corrected chi connectivity index (χ0v) is 19.6. The number of rotatable bonds is 11. The van der Waals surface area contributed by atoms with Crippen molar-refractivity contribution in [2.75, 3.05) is 31.8 Å². The Hall–Kier alpha value is -3.04. The molecule has 0 aliphatic heterocycles. The van der Waals surface area contributed by atoms with Crippen molar-refractivity contribution in [2.24, 2.45) is 0 Å². The highest BCUT2D eigenvalue weighted by atomic mass is 32.2. The Balaban J connectivity index is 1.37. The second-order valence-electron chi connectivity index (χ2n) is 6.80. The Morgan fingerprint density at radius 1 is 1.03 bits per heavy atom. The van der Waals surface area contributed by atoms with Gasteiger partial charge in [0, 0.05) is 17.6 Å². The lowest BCUT2D eigenvalue weighted by atomic mass is 10.1. The minimum absolute atomic E-state index is 0.0769. The van der Waals surface area contributed by atoms with Gasteiger partial charge in [0.2, 0.25) is 11.8 Å². The maximum absolute atomic E-state index is 12.2. The number of carbonyl (C=O) groups is 2.